The minimum atomic E-state index is -0.419. The topological polar surface area (TPSA) is 85.9 Å². The number of hydrogen-bond donors (Lipinski definition) is 2. The van der Waals surface area contributed by atoms with E-state index in [-0.39, 0.29) is 11.5 Å². The number of carbonyl (C=O) groups is 2. The summed E-state index contributed by atoms with van der Waals surface area (Å²) in [6.07, 6.45) is 0. The number of fused-ring (bicyclic) bond motifs is 2. The number of anilines is 2. The summed E-state index contributed by atoms with van der Waals surface area (Å²) >= 11 is 0. The van der Waals surface area contributed by atoms with Gasteiger partial charge in [-0.1, -0.05) is 18.2 Å². The zero-order valence-corrected chi connectivity index (χ0v) is 15.8. The Bertz CT molecular complexity index is 1090. The lowest BCUT2D eigenvalue weighted by Gasteiger charge is -2.14. The van der Waals surface area contributed by atoms with E-state index in [1.807, 2.05) is 12.1 Å². The predicted octanol–water partition coefficient (Wildman–Crippen LogP) is 4.31. The number of nitrogens with one attached hydrogen (secondary N) is 2. The van der Waals surface area contributed by atoms with Gasteiger partial charge in [-0.2, -0.15) is 0 Å². The minimum Gasteiger partial charge on any atom is -0.496 e. The van der Waals surface area contributed by atoms with Gasteiger partial charge in [0.15, 0.2) is 5.75 Å². The van der Waals surface area contributed by atoms with Crippen molar-refractivity contribution < 1.29 is 23.8 Å². The van der Waals surface area contributed by atoms with E-state index < -0.39 is 5.91 Å². The Balaban J connectivity index is 1.65. The van der Waals surface area contributed by atoms with Gasteiger partial charge in [-0.25, -0.2) is 0 Å². The molecule has 0 spiro atoms. The molecule has 0 fully saturated rings. The van der Waals surface area contributed by atoms with Gasteiger partial charge >= 0.3 is 0 Å². The second-order valence-electron chi connectivity index (χ2n) is 6.25. The molecule has 0 radical (unpaired) electrons. The van der Waals surface area contributed by atoms with E-state index in [1.54, 1.807) is 48.5 Å². The number of ether oxygens (including phenoxy) is 3. The SMILES string of the molecule is COc1cccc(OC)c1C(=O)Nc1ccc2c(c1)C(=O)Nc1ccccc1O2. The Morgan fingerprint density at radius 1 is 0.931 bits per heavy atom. The zero-order chi connectivity index (χ0) is 20.4. The van der Waals surface area contributed by atoms with Crippen LogP contribution in [-0.4, -0.2) is 26.0 Å². The average Bonchev–Trinajstić information content (AvgIpc) is 2.88. The summed E-state index contributed by atoms with van der Waals surface area (Å²) in [7, 11) is 2.96. The van der Waals surface area contributed by atoms with Gasteiger partial charge in [-0.05, 0) is 42.5 Å². The van der Waals surface area contributed by atoms with Crippen LogP contribution in [0.15, 0.2) is 60.7 Å². The van der Waals surface area contributed by atoms with Crippen molar-refractivity contribution in [2.24, 2.45) is 0 Å². The fourth-order valence-corrected chi connectivity index (χ4v) is 3.11. The zero-order valence-electron chi connectivity index (χ0n) is 15.8. The number of carbonyl (C=O) groups excluding carboxylic acids is 2. The van der Waals surface area contributed by atoms with Crippen molar-refractivity contribution in [1.29, 1.82) is 0 Å². The molecule has 1 heterocycles. The second-order valence-corrected chi connectivity index (χ2v) is 6.25. The highest BCUT2D eigenvalue weighted by Crippen LogP contribution is 2.36. The summed E-state index contributed by atoms with van der Waals surface area (Å²) in [5.74, 6) is 0.977. The van der Waals surface area contributed by atoms with E-state index in [9.17, 15) is 9.59 Å². The summed E-state index contributed by atoms with van der Waals surface area (Å²) in [5.41, 5.74) is 1.59. The second kappa shape index (κ2) is 7.55. The normalized spacial score (nSPS) is 11.9. The molecule has 0 atom stereocenters. The van der Waals surface area contributed by atoms with Crippen molar-refractivity contribution in [3.63, 3.8) is 0 Å². The monoisotopic (exact) mass is 390 g/mol. The van der Waals surface area contributed by atoms with Gasteiger partial charge in [0.2, 0.25) is 0 Å². The lowest BCUT2D eigenvalue weighted by Crippen LogP contribution is -2.16. The van der Waals surface area contributed by atoms with Gasteiger partial charge < -0.3 is 24.8 Å². The molecule has 7 heteroatoms. The number of para-hydroxylation sites is 2. The van der Waals surface area contributed by atoms with Crippen molar-refractivity contribution in [3.05, 3.63) is 71.8 Å². The van der Waals surface area contributed by atoms with E-state index in [4.69, 9.17) is 14.2 Å². The molecule has 1 aliphatic rings. The Kier molecular flexibility index (Phi) is 4.78. The van der Waals surface area contributed by atoms with E-state index in [0.717, 1.165) is 0 Å². The van der Waals surface area contributed by atoms with E-state index in [2.05, 4.69) is 10.6 Å². The first kappa shape index (κ1) is 18.4. The lowest BCUT2D eigenvalue weighted by molar-refractivity contribution is 0.101. The van der Waals surface area contributed by atoms with Gasteiger partial charge in [-0.15, -0.1) is 0 Å². The first-order valence-corrected chi connectivity index (χ1v) is 8.85. The quantitative estimate of drug-likeness (QED) is 0.693. The van der Waals surface area contributed by atoms with Crippen molar-refractivity contribution in [1.82, 2.24) is 0 Å². The fraction of sp³-hybridized carbons (Fsp3) is 0.0909. The van der Waals surface area contributed by atoms with Crippen LogP contribution in [-0.2, 0) is 0 Å². The summed E-state index contributed by atoms with van der Waals surface area (Å²) in [6.45, 7) is 0. The number of benzene rings is 3. The van der Waals surface area contributed by atoms with Crippen molar-refractivity contribution in [2.75, 3.05) is 24.9 Å². The van der Waals surface area contributed by atoms with Gasteiger partial charge in [-0.3, -0.25) is 9.59 Å². The number of amides is 2. The Morgan fingerprint density at radius 2 is 1.66 bits per heavy atom. The third kappa shape index (κ3) is 3.45. The standard InChI is InChI=1S/C22H18N2O5/c1-27-18-8-5-9-19(28-2)20(18)22(26)23-13-10-11-16-14(12-13)21(25)24-15-6-3-4-7-17(15)29-16/h3-12H,1-2H3,(H,23,26)(H,24,25). The van der Waals surface area contributed by atoms with Crippen LogP contribution >= 0.6 is 0 Å². The molecule has 3 aromatic carbocycles. The molecule has 0 bridgehead atoms. The molecule has 0 unspecified atom stereocenters. The van der Waals surface area contributed by atoms with E-state index in [1.165, 1.54) is 14.2 Å². The van der Waals surface area contributed by atoms with Crippen LogP contribution in [0.5, 0.6) is 23.0 Å². The summed E-state index contributed by atoms with van der Waals surface area (Å²) in [5, 5.41) is 5.60. The van der Waals surface area contributed by atoms with Gasteiger partial charge in [0.1, 0.15) is 22.8 Å². The Hall–Kier alpha value is -4.00. The highest BCUT2D eigenvalue weighted by molar-refractivity contribution is 6.11. The molecule has 2 N–H and O–H groups in total. The van der Waals surface area contributed by atoms with E-state index >= 15 is 0 Å². The van der Waals surface area contributed by atoms with Gasteiger partial charge in [0, 0.05) is 5.69 Å². The van der Waals surface area contributed by atoms with Crippen LogP contribution in [0.25, 0.3) is 0 Å². The molecule has 0 aromatic heterocycles. The maximum Gasteiger partial charge on any atom is 0.263 e. The van der Waals surface area contributed by atoms with Crippen molar-refractivity contribution >= 4 is 23.2 Å². The van der Waals surface area contributed by atoms with Crippen LogP contribution in [0.3, 0.4) is 0 Å². The molecule has 0 saturated carbocycles. The third-order valence-electron chi connectivity index (χ3n) is 4.49. The minimum absolute atomic E-state index is 0.264. The molecule has 4 rings (SSSR count). The number of methoxy groups -OCH3 is 2. The molecule has 1 aliphatic heterocycles. The fourth-order valence-electron chi connectivity index (χ4n) is 3.11. The smallest absolute Gasteiger partial charge is 0.263 e. The maximum absolute atomic E-state index is 12.9. The third-order valence-corrected chi connectivity index (χ3v) is 4.49. The van der Waals surface area contributed by atoms with Gasteiger partial charge in [0.25, 0.3) is 11.8 Å². The largest absolute Gasteiger partial charge is 0.496 e. The molecule has 146 valence electrons. The first-order chi connectivity index (χ1) is 14.1. The van der Waals surface area contributed by atoms with Crippen LogP contribution in [0.1, 0.15) is 20.7 Å². The predicted molar refractivity (Wildman–Crippen MR) is 108 cm³/mol. The molecule has 0 aliphatic carbocycles. The number of hydrogen-bond acceptors (Lipinski definition) is 5. The summed E-state index contributed by atoms with van der Waals surface area (Å²) in [6, 6.07) is 17.1. The lowest BCUT2D eigenvalue weighted by atomic mass is 10.1. The van der Waals surface area contributed by atoms with Crippen molar-refractivity contribution in [3.8, 4) is 23.0 Å². The molecular weight excluding hydrogens is 372 g/mol. The van der Waals surface area contributed by atoms with Crippen molar-refractivity contribution in [2.45, 2.75) is 0 Å². The van der Waals surface area contributed by atoms with Crippen LogP contribution < -0.4 is 24.8 Å². The highest BCUT2D eigenvalue weighted by atomic mass is 16.5. The molecule has 3 aromatic rings. The van der Waals surface area contributed by atoms with Crippen LogP contribution in [0.4, 0.5) is 11.4 Å². The summed E-state index contributed by atoms with van der Waals surface area (Å²) < 4.78 is 16.4. The Morgan fingerprint density at radius 3 is 2.38 bits per heavy atom. The van der Waals surface area contributed by atoms with E-state index in [0.29, 0.717) is 39.9 Å². The highest BCUT2D eigenvalue weighted by Gasteiger charge is 2.23. The number of rotatable bonds is 4. The molecular formula is C22H18N2O5. The van der Waals surface area contributed by atoms with Crippen LogP contribution in [0.2, 0.25) is 0 Å². The van der Waals surface area contributed by atoms with Gasteiger partial charge in [0.05, 0.1) is 25.5 Å². The molecule has 29 heavy (non-hydrogen) atoms. The maximum atomic E-state index is 12.9. The molecule has 2 amide bonds. The first-order valence-electron chi connectivity index (χ1n) is 8.85. The van der Waals surface area contributed by atoms with Crippen LogP contribution in [0, 0.1) is 0 Å². The molecule has 0 saturated heterocycles. The average molecular weight is 390 g/mol. The Labute approximate surface area is 167 Å². The molecule has 7 nitrogen and oxygen atoms in total. The summed E-state index contributed by atoms with van der Waals surface area (Å²) in [4.78, 5) is 25.5.